The van der Waals surface area contributed by atoms with Crippen molar-refractivity contribution < 1.29 is 9.53 Å². The first-order valence-corrected chi connectivity index (χ1v) is 9.17. The third kappa shape index (κ3) is 4.00. The SMILES string of the molecule is O=C(c1ccc(OCC2CC2)nc1)N1CCCC[C@H]1Cn1cccn1. The van der Waals surface area contributed by atoms with Crippen LogP contribution in [-0.2, 0) is 6.54 Å². The van der Waals surface area contributed by atoms with Crippen molar-refractivity contribution in [2.24, 2.45) is 5.92 Å². The number of nitrogens with zero attached hydrogens (tertiary/aromatic N) is 4. The molecule has 6 nitrogen and oxygen atoms in total. The molecule has 1 atom stereocenters. The fourth-order valence-electron chi connectivity index (χ4n) is 3.33. The Morgan fingerprint density at radius 2 is 2.16 bits per heavy atom. The number of hydrogen-bond donors (Lipinski definition) is 0. The second-order valence-electron chi connectivity index (χ2n) is 7.02. The number of rotatable bonds is 6. The van der Waals surface area contributed by atoms with Crippen molar-refractivity contribution in [2.75, 3.05) is 13.2 Å². The predicted molar refractivity (Wildman–Crippen MR) is 93.4 cm³/mol. The van der Waals surface area contributed by atoms with E-state index in [4.69, 9.17) is 4.74 Å². The Morgan fingerprint density at radius 1 is 1.24 bits per heavy atom. The highest BCUT2D eigenvalue weighted by molar-refractivity contribution is 5.94. The number of piperidine rings is 1. The third-order valence-corrected chi connectivity index (χ3v) is 4.99. The van der Waals surface area contributed by atoms with Gasteiger partial charge in [0.25, 0.3) is 5.91 Å². The first-order valence-electron chi connectivity index (χ1n) is 9.17. The number of pyridine rings is 1. The van der Waals surface area contributed by atoms with E-state index in [1.807, 2.05) is 34.0 Å². The zero-order valence-corrected chi connectivity index (χ0v) is 14.4. The molecule has 1 saturated heterocycles. The second kappa shape index (κ2) is 7.25. The molecule has 0 unspecified atom stereocenters. The van der Waals surface area contributed by atoms with Gasteiger partial charge in [0.2, 0.25) is 5.88 Å². The van der Waals surface area contributed by atoms with Crippen LogP contribution in [-0.4, -0.2) is 44.8 Å². The Morgan fingerprint density at radius 3 is 2.88 bits per heavy atom. The van der Waals surface area contributed by atoms with Gasteiger partial charge in [0.05, 0.1) is 24.8 Å². The zero-order valence-electron chi connectivity index (χ0n) is 14.4. The molecule has 1 saturated carbocycles. The first-order chi connectivity index (χ1) is 12.3. The Balaban J connectivity index is 1.41. The fourth-order valence-corrected chi connectivity index (χ4v) is 3.33. The van der Waals surface area contributed by atoms with Crippen molar-refractivity contribution in [1.82, 2.24) is 19.7 Å². The molecular formula is C19H24N4O2. The molecule has 0 bridgehead atoms. The average Bonchev–Trinajstić information content (AvgIpc) is 3.35. The van der Waals surface area contributed by atoms with E-state index in [2.05, 4.69) is 10.1 Å². The average molecular weight is 340 g/mol. The van der Waals surface area contributed by atoms with Crippen molar-refractivity contribution in [1.29, 1.82) is 0 Å². The number of carbonyl (C=O) groups excluding carboxylic acids is 1. The van der Waals surface area contributed by atoms with Crippen LogP contribution in [0.5, 0.6) is 5.88 Å². The molecule has 6 heteroatoms. The summed E-state index contributed by atoms with van der Waals surface area (Å²) in [6, 6.07) is 5.74. The summed E-state index contributed by atoms with van der Waals surface area (Å²) >= 11 is 0. The Hall–Kier alpha value is -2.37. The molecule has 2 aromatic heterocycles. The molecule has 25 heavy (non-hydrogen) atoms. The van der Waals surface area contributed by atoms with Crippen LogP contribution in [0.4, 0.5) is 0 Å². The lowest BCUT2D eigenvalue weighted by Gasteiger charge is -2.35. The van der Waals surface area contributed by atoms with Gasteiger partial charge in [-0.25, -0.2) is 4.98 Å². The minimum atomic E-state index is 0.0538. The van der Waals surface area contributed by atoms with Gasteiger partial charge in [-0.2, -0.15) is 5.10 Å². The summed E-state index contributed by atoms with van der Waals surface area (Å²) in [5, 5.41) is 4.28. The minimum absolute atomic E-state index is 0.0538. The molecule has 4 rings (SSSR count). The van der Waals surface area contributed by atoms with Gasteiger partial charge in [-0.15, -0.1) is 0 Å². The number of hydrogen-bond acceptors (Lipinski definition) is 4. The Bertz CT molecular complexity index is 695. The van der Waals surface area contributed by atoms with E-state index in [0.717, 1.165) is 39.0 Å². The van der Waals surface area contributed by atoms with E-state index < -0.39 is 0 Å². The smallest absolute Gasteiger partial charge is 0.255 e. The summed E-state index contributed by atoms with van der Waals surface area (Å²) in [4.78, 5) is 19.2. The third-order valence-electron chi connectivity index (χ3n) is 4.99. The van der Waals surface area contributed by atoms with Gasteiger partial charge >= 0.3 is 0 Å². The lowest BCUT2D eigenvalue weighted by atomic mass is 10.0. The molecule has 0 N–H and O–H groups in total. The Labute approximate surface area is 147 Å². The van der Waals surface area contributed by atoms with Crippen molar-refractivity contribution in [3.05, 3.63) is 42.4 Å². The topological polar surface area (TPSA) is 60.2 Å². The van der Waals surface area contributed by atoms with E-state index in [1.54, 1.807) is 12.4 Å². The predicted octanol–water partition coefficient (Wildman–Crippen LogP) is 2.76. The summed E-state index contributed by atoms with van der Waals surface area (Å²) in [6.45, 7) is 2.28. The van der Waals surface area contributed by atoms with Crippen LogP contribution in [0.3, 0.4) is 0 Å². The number of ether oxygens (including phenoxy) is 1. The standard InChI is InChI=1S/C19H24N4O2/c24-19(16-7-8-18(20-12-16)25-14-15-5-6-15)23-11-2-1-4-17(23)13-22-10-3-9-21-22/h3,7-10,12,15,17H,1-2,4-6,11,13-14H2/t17-/m0/s1. The van der Waals surface area contributed by atoms with Crippen molar-refractivity contribution >= 4 is 5.91 Å². The Kier molecular flexibility index (Phi) is 4.68. The van der Waals surface area contributed by atoms with Crippen molar-refractivity contribution in [3.63, 3.8) is 0 Å². The quantitative estimate of drug-likeness (QED) is 0.811. The molecule has 0 radical (unpaired) electrons. The van der Waals surface area contributed by atoms with Crippen LogP contribution in [0, 0.1) is 5.92 Å². The number of amides is 1. The van der Waals surface area contributed by atoms with Crippen LogP contribution in [0.1, 0.15) is 42.5 Å². The maximum Gasteiger partial charge on any atom is 0.255 e. The summed E-state index contributed by atoms with van der Waals surface area (Å²) in [5.74, 6) is 1.35. The van der Waals surface area contributed by atoms with E-state index in [9.17, 15) is 4.79 Å². The molecule has 0 aromatic carbocycles. The van der Waals surface area contributed by atoms with Crippen LogP contribution < -0.4 is 4.74 Å². The summed E-state index contributed by atoms with van der Waals surface area (Å²) in [5.41, 5.74) is 0.631. The van der Waals surface area contributed by atoms with Gasteiger partial charge in [-0.3, -0.25) is 9.48 Å². The van der Waals surface area contributed by atoms with Crippen molar-refractivity contribution in [3.8, 4) is 5.88 Å². The van der Waals surface area contributed by atoms with E-state index in [1.165, 1.54) is 12.8 Å². The highest BCUT2D eigenvalue weighted by Crippen LogP contribution is 2.29. The molecule has 1 aliphatic heterocycles. The monoisotopic (exact) mass is 340 g/mol. The van der Waals surface area contributed by atoms with E-state index in [-0.39, 0.29) is 11.9 Å². The van der Waals surface area contributed by atoms with Gasteiger partial charge in [0.1, 0.15) is 0 Å². The van der Waals surface area contributed by atoms with Crippen LogP contribution >= 0.6 is 0 Å². The summed E-state index contributed by atoms with van der Waals surface area (Å²) < 4.78 is 7.56. The van der Waals surface area contributed by atoms with Gasteiger partial charge in [-0.05, 0) is 50.2 Å². The summed E-state index contributed by atoms with van der Waals surface area (Å²) in [6.07, 6.45) is 11.1. The maximum absolute atomic E-state index is 12.9. The molecule has 2 aliphatic rings. The van der Waals surface area contributed by atoms with Gasteiger partial charge in [-0.1, -0.05) is 0 Å². The number of carbonyl (C=O) groups is 1. The maximum atomic E-state index is 12.9. The molecular weight excluding hydrogens is 316 g/mol. The van der Waals surface area contributed by atoms with Crippen molar-refractivity contribution in [2.45, 2.75) is 44.7 Å². The van der Waals surface area contributed by atoms with Gasteiger partial charge < -0.3 is 9.64 Å². The summed E-state index contributed by atoms with van der Waals surface area (Å²) in [7, 11) is 0. The molecule has 1 amide bonds. The minimum Gasteiger partial charge on any atom is -0.477 e. The molecule has 132 valence electrons. The number of aromatic nitrogens is 3. The highest BCUT2D eigenvalue weighted by atomic mass is 16.5. The lowest BCUT2D eigenvalue weighted by molar-refractivity contribution is 0.0583. The first kappa shape index (κ1) is 16.1. The second-order valence-corrected chi connectivity index (χ2v) is 7.02. The molecule has 2 fully saturated rings. The molecule has 3 heterocycles. The van der Waals surface area contributed by atoms with E-state index >= 15 is 0 Å². The lowest BCUT2D eigenvalue weighted by Crippen LogP contribution is -2.46. The normalized spacial score (nSPS) is 20.5. The van der Waals surface area contributed by atoms with Crippen LogP contribution in [0.25, 0.3) is 0 Å². The molecule has 0 spiro atoms. The number of likely N-dealkylation sites (tertiary alicyclic amines) is 1. The largest absolute Gasteiger partial charge is 0.477 e. The fraction of sp³-hybridized carbons (Fsp3) is 0.526. The van der Waals surface area contributed by atoms with E-state index in [0.29, 0.717) is 17.4 Å². The molecule has 2 aromatic rings. The van der Waals surface area contributed by atoms with Crippen LogP contribution in [0.2, 0.25) is 0 Å². The molecule has 1 aliphatic carbocycles. The van der Waals surface area contributed by atoms with Gasteiger partial charge in [0.15, 0.2) is 0 Å². The highest BCUT2D eigenvalue weighted by Gasteiger charge is 2.28. The van der Waals surface area contributed by atoms with Gasteiger partial charge in [0, 0.05) is 31.2 Å². The van der Waals surface area contributed by atoms with Crippen LogP contribution in [0.15, 0.2) is 36.8 Å². The zero-order chi connectivity index (χ0) is 17.1.